The van der Waals surface area contributed by atoms with E-state index in [0.717, 1.165) is 38.5 Å². The molecule has 0 heterocycles. The Balaban J connectivity index is 0. The second kappa shape index (κ2) is 16.0. The Hall–Kier alpha value is 0.830. The first-order chi connectivity index (χ1) is 10.9. The molecule has 3 unspecified atom stereocenters. The summed E-state index contributed by atoms with van der Waals surface area (Å²) in [6, 6.07) is 0. The molecular formula is C17H35NaO5S. The zero-order chi connectivity index (χ0) is 17.7. The average Bonchev–Trinajstić information content (AvgIpc) is 2.49. The van der Waals surface area contributed by atoms with Crippen LogP contribution in [0.5, 0.6) is 0 Å². The Morgan fingerprint density at radius 1 is 0.917 bits per heavy atom. The third kappa shape index (κ3) is 15.1. The van der Waals surface area contributed by atoms with Gasteiger partial charge in [0.05, 0.1) is 6.10 Å². The fourth-order valence-electron chi connectivity index (χ4n) is 3.03. The van der Waals surface area contributed by atoms with Crippen LogP contribution in [0, 0.1) is 11.8 Å². The van der Waals surface area contributed by atoms with E-state index >= 15 is 0 Å². The van der Waals surface area contributed by atoms with Crippen molar-refractivity contribution in [3.8, 4) is 0 Å². The molecule has 0 fully saturated rings. The van der Waals surface area contributed by atoms with Gasteiger partial charge in [-0.2, -0.15) is 0 Å². The summed E-state index contributed by atoms with van der Waals surface area (Å²) in [6.07, 6.45) is 8.52. The van der Waals surface area contributed by atoms with Gasteiger partial charge < -0.3 is 9.66 Å². The van der Waals surface area contributed by atoms with E-state index in [0.29, 0.717) is 31.1 Å². The zero-order valence-corrected chi connectivity index (χ0v) is 18.8. The summed E-state index contributed by atoms with van der Waals surface area (Å²) < 4.78 is 37.6. The van der Waals surface area contributed by atoms with Gasteiger partial charge in [-0.25, -0.2) is 8.42 Å². The minimum atomic E-state index is -4.66. The number of hydrogen-bond donors (Lipinski definition) is 1. The number of unbranched alkanes of at least 4 members (excludes halogenated alkanes) is 1. The molecule has 0 aromatic rings. The van der Waals surface area contributed by atoms with Crippen LogP contribution in [-0.2, 0) is 14.6 Å². The van der Waals surface area contributed by atoms with Crippen LogP contribution >= 0.6 is 0 Å². The van der Waals surface area contributed by atoms with Gasteiger partial charge in [0.15, 0.2) is 0 Å². The molecular weight excluding hydrogens is 339 g/mol. The summed E-state index contributed by atoms with van der Waals surface area (Å²) in [4.78, 5) is 0. The van der Waals surface area contributed by atoms with Gasteiger partial charge in [0.25, 0.3) is 0 Å². The maximum atomic E-state index is 11.0. The van der Waals surface area contributed by atoms with Crippen molar-refractivity contribution in [2.24, 2.45) is 11.8 Å². The maximum Gasteiger partial charge on any atom is 1.00 e. The maximum absolute atomic E-state index is 11.0. The van der Waals surface area contributed by atoms with Crippen molar-refractivity contribution in [2.75, 3.05) is 6.61 Å². The van der Waals surface area contributed by atoms with Crippen molar-refractivity contribution in [1.82, 2.24) is 0 Å². The Labute approximate surface area is 171 Å². The van der Waals surface area contributed by atoms with Gasteiger partial charge >= 0.3 is 29.6 Å². The normalized spacial score (nSPS) is 15.5. The van der Waals surface area contributed by atoms with E-state index in [1.54, 1.807) is 0 Å². The Morgan fingerprint density at radius 3 is 1.79 bits per heavy atom. The predicted molar refractivity (Wildman–Crippen MR) is 91.8 cm³/mol. The number of hydrogen-bond acceptors (Lipinski definition) is 5. The third-order valence-electron chi connectivity index (χ3n) is 4.71. The van der Waals surface area contributed by atoms with Crippen molar-refractivity contribution in [1.29, 1.82) is 0 Å². The molecule has 0 bridgehead atoms. The Kier molecular flexibility index (Phi) is 18.1. The van der Waals surface area contributed by atoms with Crippen LogP contribution < -0.4 is 29.6 Å². The molecule has 0 aromatic carbocycles. The standard InChI is InChI=1S/C17H36O5S.Na/c1-4-7-8-15(5-2)9-11-17(22-23(19,20)21)12-10-16(6-3)13-14-18;/h15-18H,4-14H2,1-3H3,(H,19,20,21);/q;+1/p-1. The zero-order valence-electron chi connectivity index (χ0n) is 16.0. The van der Waals surface area contributed by atoms with E-state index in [4.69, 9.17) is 9.29 Å². The van der Waals surface area contributed by atoms with Crippen molar-refractivity contribution in [3.05, 3.63) is 0 Å². The summed E-state index contributed by atoms with van der Waals surface area (Å²) in [5.41, 5.74) is 0. The van der Waals surface area contributed by atoms with E-state index < -0.39 is 16.5 Å². The van der Waals surface area contributed by atoms with Gasteiger partial charge in [-0.15, -0.1) is 0 Å². The molecule has 0 aliphatic heterocycles. The van der Waals surface area contributed by atoms with Gasteiger partial charge in [-0.05, 0) is 43.9 Å². The quantitative estimate of drug-likeness (QED) is 0.263. The fraction of sp³-hybridized carbons (Fsp3) is 1.00. The van der Waals surface area contributed by atoms with Crippen molar-refractivity contribution < 1.29 is 51.8 Å². The van der Waals surface area contributed by atoms with E-state index in [2.05, 4.69) is 20.8 Å². The minimum Gasteiger partial charge on any atom is -0.726 e. The van der Waals surface area contributed by atoms with Crippen LogP contribution in [0.1, 0.15) is 85.0 Å². The fourth-order valence-corrected chi connectivity index (χ4v) is 3.56. The molecule has 0 saturated carbocycles. The molecule has 7 heteroatoms. The molecule has 0 aromatic heterocycles. The van der Waals surface area contributed by atoms with Crippen molar-refractivity contribution >= 4 is 10.4 Å². The molecule has 0 amide bonds. The molecule has 140 valence electrons. The molecule has 0 aliphatic rings. The van der Waals surface area contributed by atoms with Gasteiger partial charge in [0.1, 0.15) is 0 Å². The average molecular weight is 375 g/mol. The second-order valence-electron chi connectivity index (χ2n) is 6.48. The molecule has 24 heavy (non-hydrogen) atoms. The van der Waals surface area contributed by atoms with Crippen molar-refractivity contribution in [3.63, 3.8) is 0 Å². The third-order valence-corrected chi connectivity index (χ3v) is 5.21. The smallest absolute Gasteiger partial charge is 0.726 e. The van der Waals surface area contributed by atoms with Crippen LogP contribution in [0.15, 0.2) is 0 Å². The van der Waals surface area contributed by atoms with E-state index in [1.807, 2.05) is 0 Å². The first kappa shape index (κ1) is 27.1. The van der Waals surface area contributed by atoms with Gasteiger partial charge in [-0.3, -0.25) is 4.18 Å². The topological polar surface area (TPSA) is 86.7 Å². The number of aliphatic hydroxyl groups excluding tert-OH is 1. The van der Waals surface area contributed by atoms with E-state index in [-0.39, 0.29) is 36.2 Å². The monoisotopic (exact) mass is 374 g/mol. The molecule has 0 saturated heterocycles. The molecule has 0 aliphatic carbocycles. The molecule has 5 nitrogen and oxygen atoms in total. The van der Waals surface area contributed by atoms with Crippen LogP contribution in [-0.4, -0.2) is 30.8 Å². The SMILES string of the molecule is CCCCC(CC)CCC(CCC(CC)CCO)OS(=O)(=O)[O-].[Na+]. The number of aliphatic hydroxyl groups is 1. The first-order valence-electron chi connectivity index (χ1n) is 9.11. The van der Waals surface area contributed by atoms with Crippen LogP contribution in [0.3, 0.4) is 0 Å². The van der Waals surface area contributed by atoms with E-state index in [1.165, 1.54) is 6.42 Å². The van der Waals surface area contributed by atoms with Crippen LogP contribution in [0.2, 0.25) is 0 Å². The number of rotatable bonds is 15. The minimum absolute atomic E-state index is 0. The molecule has 0 rings (SSSR count). The second-order valence-corrected chi connectivity index (χ2v) is 7.49. The molecule has 0 spiro atoms. The summed E-state index contributed by atoms with van der Waals surface area (Å²) in [7, 11) is -4.66. The van der Waals surface area contributed by atoms with Crippen LogP contribution in [0.4, 0.5) is 0 Å². The summed E-state index contributed by atoms with van der Waals surface area (Å²) in [5.74, 6) is 0.914. The largest absolute Gasteiger partial charge is 1.00 e. The summed E-state index contributed by atoms with van der Waals surface area (Å²) >= 11 is 0. The van der Waals surface area contributed by atoms with Crippen LogP contribution in [0.25, 0.3) is 0 Å². The van der Waals surface area contributed by atoms with Gasteiger partial charge in [0, 0.05) is 6.61 Å². The van der Waals surface area contributed by atoms with Crippen molar-refractivity contribution in [2.45, 2.75) is 91.1 Å². The Morgan fingerprint density at radius 2 is 1.42 bits per heavy atom. The molecule has 1 N–H and O–H groups in total. The summed E-state index contributed by atoms with van der Waals surface area (Å²) in [5, 5.41) is 9.03. The van der Waals surface area contributed by atoms with E-state index in [9.17, 15) is 13.0 Å². The first-order valence-corrected chi connectivity index (χ1v) is 10.4. The van der Waals surface area contributed by atoms with Gasteiger partial charge in [-0.1, -0.05) is 52.9 Å². The molecule has 0 radical (unpaired) electrons. The predicted octanol–water partition coefficient (Wildman–Crippen LogP) is 1.02. The molecule has 3 atom stereocenters. The summed E-state index contributed by atoms with van der Waals surface area (Å²) in [6.45, 7) is 6.50. The Bertz CT molecular complexity index is 375. The van der Waals surface area contributed by atoms with Gasteiger partial charge in [0.2, 0.25) is 10.4 Å².